The molecule has 0 unspecified atom stereocenters. The van der Waals surface area contributed by atoms with E-state index in [-0.39, 0.29) is 5.60 Å². The molecule has 1 saturated heterocycles. The number of fused-ring (bicyclic) bond motifs is 2. The maximum Gasteiger partial charge on any atom is 0.0966 e. The fourth-order valence-corrected chi connectivity index (χ4v) is 5.80. The first kappa shape index (κ1) is 19.5. The summed E-state index contributed by atoms with van der Waals surface area (Å²) < 4.78 is 7.50. The van der Waals surface area contributed by atoms with E-state index in [4.69, 9.17) is 16.3 Å². The molecule has 0 bridgehead atoms. The molecule has 0 aliphatic carbocycles. The first-order valence-electron chi connectivity index (χ1n) is 8.64. The molecule has 0 saturated carbocycles. The second-order valence-corrected chi connectivity index (χ2v) is 10.2. The highest BCUT2D eigenvalue weighted by atomic mass is 79.9. The molecule has 3 rings (SSSR count). The molecular formula is C17H27BrN4OS2. The van der Waals surface area contributed by atoms with Crippen LogP contribution < -0.4 is 11.6 Å². The van der Waals surface area contributed by atoms with Gasteiger partial charge < -0.3 is 15.5 Å². The second-order valence-electron chi connectivity index (χ2n) is 6.69. The van der Waals surface area contributed by atoms with Crippen LogP contribution in [0, 0.1) is 0 Å². The van der Waals surface area contributed by atoms with Crippen LogP contribution in [0.4, 0.5) is 0 Å². The van der Waals surface area contributed by atoms with Crippen LogP contribution in [0.3, 0.4) is 0 Å². The summed E-state index contributed by atoms with van der Waals surface area (Å²) in [5.41, 5.74) is 8.32. The Kier molecular flexibility index (Phi) is 6.73. The Morgan fingerprint density at radius 2 is 2.28 bits per heavy atom. The van der Waals surface area contributed by atoms with Crippen LogP contribution in [0.25, 0.3) is 0 Å². The molecular weight excluding hydrogens is 420 g/mol. The molecule has 2 aliphatic rings. The van der Waals surface area contributed by atoms with Crippen molar-refractivity contribution in [3.05, 3.63) is 32.2 Å². The van der Waals surface area contributed by atoms with Crippen molar-refractivity contribution >= 4 is 39.0 Å². The van der Waals surface area contributed by atoms with Gasteiger partial charge in [-0.1, -0.05) is 0 Å². The Bertz CT molecular complexity index is 614. The molecule has 5 nitrogen and oxygen atoms in total. The van der Waals surface area contributed by atoms with Gasteiger partial charge in [0.05, 0.1) is 16.0 Å². The summed E-state index contributed by atoms with van der Waals surface area (Å²) in [4.78, 5) is 3.89. The van der Waals surface area contributed by atoms with Crippen molar-refractivity contribution in [2.45, 2.75) is 24.9 Å². The van der Waals surface area contributed by atoms with E-state index >= 15 is 0 Å². The molecule has 0 aromatic carbocycles. The van der Waals surface area contributed by atoms with E-state index in [0.717, 1.165) is 63.5 Å². The van der Waals surface area contributed by atoms with Crippen molar-refractivity contribution in [2.75, 3.05) is 44.8 Å². The topological polar surface area (TPSA) is 67.8 Å². The molecule has 0 radical (unpaired) electrons. The van der Waals surface area contributed by atoms with Crippen LogP contribution in [0.5, 0.6) is 0 Å². The minimum Gasteiger partial charge on any atom is -0.400 e. The van der Waals surface area contributed by atoms with Crippen LogP contribution in [-0.4, -0.2) is 54.7 Å². The zero-order valence-electron chi connectivity index (χ0n) is 14.7. The number of piperidine rings is 1. The highest BCUT2D eigenvalue weighted by Gasteiger charge is 2.41. The number of thiophene rings is 1. The molecule has 1 spiro atoms. The number of nitrogens with two attached hydrogens (primary N) is 2. The lowest BCUT2D eigenvalue weighted by Gasteiger charge is -2.44. The Morgan fingerprint density at radius 3 is 3.00 bits per heavy atom. The van der Waals surface area contributed by atoms with Crippen molar-refractivity contribution in [1.82, 2.24) is 9.91 Å². The molecule has 0 atom stereocenters. The number of rotatable bonds is 6. The Balaban J connectivity index is 1.57. The SMILES string of the molecule is CSCCN(N)/C=C(\N)CN1CCC2(CC1)OCCc1sc(Br)cc12. The van der Waals surface area contributed by atoms with E-state index in [1.54, 1.807) is 16.8 Å². The third kappa shape index (κ3) is 4.73. The van der Waals surface area contributed by atoms with Crippen LogP contribution in [0.2, 0.25) is 0 Å². The van der Waals surface area contributed by atoms with Gasteiger partial charge in [-0.3, -0.25) is 4.90 Å². The lowest BCUT2D eigenvalue weighted by atomic mass is 9.82. The van der Waals surface area contributed by atoms with Gasteiger partial charge in [0.2, 0.25) is 0 Å². The fourth-order valence-electron chi connectivity index (χ4n) is 3.64. The average Bonchev–Trinajstić information content (AvgIpc) is 2.97. The van der Waals surface area contributed by atoms with Crippen LogP contribution in [-0.2, 0) is 16.8 Å². The summed E-state index contributed by atoms with van der Waals surface area (Å²) in [7, 11) is 0. The summed E-state index contributed by atoms with van der Waals surface area (Å²) in [6.45, 7) is 4.41. The van der Waals surface area contributed by atoms with Gasteiger partial charge in [-0.25, -0.2) is 5.84 Å². The third-order valence-corrected chi connectivity index (χ3v) is 7.22. The molecule has 140 valence electrons. The monoisotopic (exact) mass is 446 g/mol. The minimum absolute atomic E-state index is 0.0939. The molecule has 1 aromatic rings. The highest BCUT2D eigenvalue weighted by molar-refractivity contribution is 9.11. The number of nitrogens with zero attached hydrogens (tertiary/aromatic N) is 2. The van der Waals surface area contributed by atoms with Crippen molar-refractivity contribution in [1.29, 1.82) is 0 Å². The smallest absolute Gasteiger partial charge is 0.0966 e. The maximum absolute atomic E-state index is 6.29. The zero-order valence-corrected chi connectivity index (χ0v) is 17.9. The second kappa shape index (κ2) is 8.63. The van der Waals surface area contributed by atoms with Gasteiger partial charge in [0.1, 0.15) is 0 Å². The molecule has 2 aliphatic heterocycles. The van der Waals surface area contributed by atoms with Crippen molar-refractivity contribution in [2.24, 2.45) is 11.6 Å². The standard InChI is InChI=1S/C17H27BrN4OS2/c1-24-9-7-22(20)12-13(19)11-21-5-3-17(4-6-21)14-10-16(18)25-15(14)2-8-23-17/h10,12H,2-9,11,19-20H2,1H3/b13-12-. The molecule has 25 heavy (non-hydrogen) atoms. The number of hydrazine groups is 1. The number of hydrogen-bond donors (Lipinski definition) is 2. The molecule has 1 fully saturated rings. The maximum atomic E-state index is 6.29. The number of thioether (sulfide) groups is 1. The summed E-state index contributed by atoms with van der Waals surface area (Å²) >= 11 is 7.28. The summed E-state index contributed by atoms with van der Waals surface area (Å²) in [6.07, 6.45) is 7.03. The number of hydrogen-bond acceptors (Lipinski definition) is 7. The molecule has 3 heterocycles. The van der Waals surface area contributed by atoms with Crippen molar-refractivity contribution in [3.63, 3.8) is 0 Å². The van der Waals surface area contributed by atoms with Gasteiger partial charge in [0.25, 0.3) is 0 Å². The predicted molar refractivity (Wildman–Crippen MR) is 111 cm³/mol. The Hall–Kier alpha value is -0.250. The summed E-state index contributed by atoms with van der Waals surface area (Å²) in [5.74, 6) is 6.96. The predicted octanol–water partition coefficient (Wildman–Crippen LogP) is 2.71. The number of halogens is 1. The minimum atomic E-state index is -0.0939. The molecule has 0 amide bonds. The lowest BCUT2D eigenvalue weighted by molar-refractivity contribution is -0.0961. The fraction of sp³-hybridized carbons (Fsp3) is 0.647. The van der Waals surface area contributed by atoms with Gasteiger partial charge in [0.15, 0.2) is 0 Å². The molecule has 8 heteroatoms. The highest BCUT2D eigenvalue weighted by Crippen LogP contribution is 2.45. The van der Waals surface area contributed by atoms with Gasteiger partial charge in [0, 0.05) is 55.1 Å². The zero-order chi connectivity index (χ0) is 17.9. The van der Waals surface area contributed by atoms with E-state index in [2.05, 4.69) is 33.2 Å². The van der Waals surface area contributed by atoms with Crippen molar-refractivity contribution < 1.29 is 4.74 Å². The van der Waals surface area contributed by atoms with Crippen LogP contribution >= 0.6 is 39.0 Å². The number of likely N-dealkylation sites (tertiary alicyclic amines) is 1. The largest absolute Gasteiger partial charge is 0.400 e. The van der Waals surface area contributed by atoms with E-state index in [1.807, 2.05) is 17.5 Å². The average molecular weight is 447 g/mol. The lowest BCUT2D eigenvalue weighted by Crippen LogP contribution is -2.47. The Morgan fingerprint density at radius 1 is 1.52 bits per heavy atom. The van der Waals surface area contributed by atoms with E-state index in [9.17, 15) is 0 Å². The summed E-state index contributed by atoms with van der Waals surface area (Å²) in [6, 6.07) is 2.27. The van der Waals surface area contributed by atoms with E-state index in [1.165, 1.54) is 14.2 Å². The van der Waals surface area contributed by atoms with E-state index in [0.29, 0.717) is 0 Å². The molecule has 4 N–H and O–H groups in total. The first-order valence-corrected chi connectivity index (χ1v) is 11.6. The third-order valence-electron chi connectivity index (χ3n) is 4.93. The normalized spacial score (nSPS) is 20.7. The Labute approximate surface area is 166 Å². The van der Waals surface area contributed by atoms with Gasteiger partial charge in [-0.15, -0.1) is 11.3 Å². The quantitative estimate of drug-likeness (QED) is 0.517. The van der Waals surface area contributed by atoms with Crippen LogP contribution in [0.1, 0.15) is 23.3 Å². The van der Waals surface area contributed by atoms with E-state index < -0.39 is 0 Å². The summed E-state index contributed by atoms with van der Waals surface area (Å²) in [5, 5.41) is 1.69. The number of ether oxygens (including phenoxy) is 1. The molecule has 1 aromatic heterocycles. The first-order chi connectivity index (χ1) is 12.0. The van der Waals surface area contributed by atoms with Gasteiger partial charge in [-0.05, 0) is 46.7 Å². The van der Waals surface area contributed by atoms with Crippen LogP contribution in [0.15, 0.2) is 21.7 Å². The van der Waals surface area contributed by atoms with Gasteiger partial charge in [-0.2, -0.15) is 11.8 Å². The van der Waals surface area contributed by atoms with Crippen molar-refractivity contribution in [3.8, 4) is 0 Å². The van der Waals surface area contributed by atoms with Gasteiger partial charge >= 0.3 is 0 Å².